The number of carbonyl (C=O) groups is 1. The Kier molecular flexibility index (Phi) is 6.95. The molecule has 36 heavy (non-hydrogen) atoms. The summed E-state index contributed by atoms with van der Waals surface area (Å²) in [6.45, 7) is 7.42. The molecule has 3 heterocycles. The third-order valence-electron chi connectivity index (χ3n) is 6.49. The highest BCUT2D eigenvalue weighted by Gasteiger charge is 2.27. The van der Waals surface area contributed by atoms with Crippen molar-refractivity contribution in [2.24, 2.45) is 5.84 Å². The largest absolute Gasteiger partial charge is 0.398 e. The number of nitrogens with zero attached hydrogens (tertiary/aromatic N) is 4. The number of hydrogen-bond acceptors (Lipinski definition) is 8. The van der Waals surface area contributed by atoms with Gasteiger partial charge in [-0.15, -0.1) is 0 Å². The van der Waals surface area contributed by atoms with Gasteiger partial charge in [0.1, 0.15) is 5.82 Å². The number of nitrogens with two attached hydrogens (primary N) is 2. The van der Waals surface area contributed by atoms with E-state index in [2.05, 4.69) is 15.2 Å². The predicted octanol–water partition coefficient (Wildman–Crippen LogP) is 1.96. The molecule has 190 valence electrons. The third-order valence-corrected chi connectivity index (χ3v) is 6.49. The molecular weight excluding hydrogens is 458 g/mol. The summed E-state index contributed by atoms with van der Waals surface area (Å²) >= 11 is 0. The number of pyridine rings is 1. The second-order valence-corrected chi connectivity index (χ2v) is 9.27. The number of amides is 1. The van der Waals surface area contributed by atoms with Gasteiger partial charge >= 0.3 is 0 Å². The van der Waals surface area contributed by atoms with Crippen LogP contribution in [0.2, 0.25) is 0 Å². The van der Waals surface area contributed by atoms with Crippen LogP contribution in [0.3, 0.4) is 0 Å². The van der Waals surface area contributed by atoms with Gasteiger partial charge in [0, 0.05) is 54.5 Å². The van der Waals surface area contributed by atoms with Crippen molar-refractivity contribution < 1.29 is 9.53 Å². The molecule has 2 atom stereocenters. The minimum Gasteiger partial charge on any atom is -0.398 e. The summed E-state index contributed by atoms with van der Waals surface area (Å²) < 4.78 is 5.82. The minimum absolute atomic E-state index is 0.0919. The number of ether oxygens (including phenoxy) is 1. The lowest BCUT2D eigenvalue weighted by atomic mass is 10.0. The van der Waals surface area contributed by atoms with Crippen LogP contribution in [0.1, 0.15) is 31.9 Å². The van der Waals surface area contributed by atoms with Crippen molar-refractivity contribution in [2.45, 2.75) is 33.0 Å². The van der Waals surface area contributed by atoms with Crippen LogP contribution in [0.5, 0.6) is 0 Å². The second kappa shape index (κ2) is 9.96. The summed E-state index contributed by atoms with van der Waals surface area (Å²) in [4.78, 5) is 21.3. The van der Waals surface area contributed by atoms with Gasteiger partial charge in [-0.1, -0.05) is 0 Å². The monoisotopic (exact) mass is 491 g/mol. The van der Waals surface area contributed by atoms with Gasteiger partial charge in [-0.3, -0.25) is 20.6 Å². The Bertz CT molecular complexity index is 1230. The molecule has 1 aromatic heterocycles. The summed E-state index contributed by atoms with van der Waals surface area (Å²) in [5.41, 5.74) is 9.68. The van der Waals surface area contributed by atoms with Crippen molar-refractivity contribution >= 4 is 34.8 Å². The lowest BCUT2D eigenvalue weighted by Crippen LogP contribution is -2.51. The summed E-state index contributed by atoms with van der Waals surface area (Å²) in [6, 6.07) is 8.73. The fraction of sp³-hybridized carbons (Fsp3) is 0.360. The number of carbonyl (C=O) groups excluding carboxylic acids is 1. The summed E-state index contributed by atoms with van der Waals surface area (Å²) in [5, 5.41) is 20.9. The molecule has 2 aromatic rings. The highest BCUT2D eigenvalue weighted by Crippen LogP contribution is 2.25. The van der Waals surface area contributed by atoms with Crippen molar-refractivity contribution in [3.05, 3.63) is 58.9 Å². The Morgan fingerprint density at radius 1 is 1.19 bits per heavy atom. The molecular formula is C25H33N9O2. The number of hydrazine groups is 1. The number of nitrogen functional groups attached to an aromatic ring is 1. The minimum atomic E-state index is -0.327. The number of allylic oxidation sites excluding steroid dienone is 1. The zero-order valence-corrected chi connectivity index (χ0v) is 21.0. The second-order valence-electron chi connectivity index (χ2n) is 9.27. The van der Waals surface area contributed by atoms with Gasteiger partial charge in [0.2, 0.25) is 5.96 Å². The average Bonchev–Trinajstić information content (AvgIpc) is 2.85. The lowest BCUT2D eigenvalue weighted by Gasteiger charge is -2.36. The fourth-order valence-electron chi connectivity index (χ4n) is 4.47. The van der Waals surface area contributed by atoms with Crippen molar-refractivity contribution in [1.29, 1.82) is 10.8 Å². The number of morpholine rings is 1. The number of anilines is 3. The zero-order chi connectivity index (χ0) is 26.1. The molecule has 1 amide bonds. The van der Waals surface area contributed by atoms with E-state index in [-0.39, 0.29) is 36.3 Å². The van der Waals surface area contributed by atoms with E-state index in [1.807, 2.05) is 19.9 Å². The molecule has 0 bridgehead atoms. The van der Waals surface area contributed by atoms with E-state index in [1.54, 1.807) is 49.3 Å². The van der Waals surface area contributed by atoms with Crippen LogP contribution < -0.4 is 21.8 Å². The van der Waals surface area contributed by atoms with E-state index >= 15 is 0 Å². The number of guanidine groups is 1. The van der Waals surface area contributed by atoms with Crippen LogP contribution in [-0.4, -0.2) is 71.4 Å². The highest BCUT2D eigenvalue weighted by atomic mass is 16.5. The first-order valence-electron chi connectivity index (χ1n) is 11.8. The van der Waals surface area contributed by atoms with Gasteiger partial charge in [0.15, 0.2) is 0 Å². The Morgan fingerprint density at radius 2 is 1.89 bits per heavy atom. The van der Waals surface area contributed by atoms with Crippen LogP contribution in [0.4, 0.5) is 17.2 Å². The van der Waals surface area contributed by atoms with Crippen molar-refractivity contribution in [3.8, 4) is 0 Å². The van der Waals surface area contributed by atoms with Gasteiger partial charge in [-0.25, -0.2) is 10.8 Å². The van der Waals surface area contributed by atoms with E-state index in [0.717, 1.165) is 18.9 Å². The summed E-state index contributed by atoms with van der Waals surface area (Å²) in [7, 11) is 1.69. The molecule has 1 fully saturated rings. The van der Waals surface area contributed by atoms with Crippen molar-refractivity contribution in [3.63, 3.8) is 0 Å². The van der Waals surface area contributed by atoms with Crippen LogP contribution in [0.15, 0.2) is 47.8 Å². The van der Waals surface area contributed by atoms with Gasteiger partial charge in [0.05, 0.1) is 30.0 Å². The molecule has 0 spiro atoms. The molecule has 11 nitrogen and oxygen atoms in total. The smallest absolute Gasteiger partial charge is 0.255 e. The van der Waals surface area contributed by atoms with E-state index < -0.39 is 0 Å². The topological polar surface area (TPSA) is 161 Å². The van der Waals surface area contributed by atoms with Crippen LogP contribution in [-0.2, 0) is 9.53 Å². The first-order chi connectivity index (χ1) is 17.0. The number of hydrogen-bond donors (Lipinski definition) is 5. The predicted molar refractivity (Wildman–Crippen MR) is 141 cm³/mol. The molecule has 0 radical (unpaired) electrons. The third kappa shape index (κ3) is 5.02. The molecule has 7 N–H and O–H groups in total. The summed E-state index contributed by atoms with van der Waals surface area (Å²) in [5.74, 6) is 6.44. The maximum Gasteiger partial charge on any atom is 0.255 e. The molecule has 4 rings (SSSR count). The van der Waals surface area contributed by atoms with E-state index in [0.29, 0.717) is 33.8 Å². The fourth-order valence-corrected chi connectivity index (χ4v) is 4.47. The van der Waals surface area contributed by atoms with E-state index in [4.69, 9.17) is 27.1 Å². The molecule has 0 aliphatic carbocycles. The molecule has 11 heteroatoms. The number of aromatic nitrogens is 1. The van der Waals surface area contributed by atoms with E-state index in [1.165, 1.54) is 5.01 Å². The van der Waals surface area contributed by atoms with Crippen LogP contribution in [0.25, 0.3) is 0 Å². The van der Waals surface area contributed by atoms with Crippen molar-refractivity contribution in [1.82, 2.24) is 14.9 Å². The van der Waals surface area contributed by atoms with E-state index in [9.17, 15) is 4.79 Å². The Morgan fingerprint density at radius 3 is 2.58 bits per heavy atom. The summed E-state index contributed by atoms with van der Waals surface area (Å²) in [6.07, 6.45) is 1.88. The normalized spacial score (nSPS) is 20.6. The van der Waals surface area contributed by atoms with Gasteiger partial charge < -0.3 is 25.6 Å². The quantitative estimate of drug-likeness (QED) is 0.241. The number of nitrogens with one attached hydrogen (secondary N) is 3. The van der Waals surface area contributed by atoms with Crippen molar-refractivity contribution in [2.75, 3.05) is 42.6 Å². The molecule has 0 unspecified atom stereocenters. The van der Waals surface area contributed by atoms with Gasteiger partial charge in [-0.05, 0) is 51.1 Å². The van der Waals surface area contributed by atoms with Crippen LogP contribution in [0, 0.1) is 10.8 Å². The maximum atomic E-state index is 13.0. The average molecular weight is 492 g/mol. The Labute approximate surface area is 210 Å². The zero-order valence-electron chi connectivity index (χ0n) is 21.0. The Hall–Kier alpha value is -3.96. The standard InChI is InChI=1S/C25H33N9O2/c1-14-11-33(12-15(2)36-14)22-9-17(7-8-30-22)23(27)19-10-18(5-6-21(19)26)31-24(35)20-13-34(29)25(28)32(4)16(20)3/h5-10,14-15,27-28H,11-13,26,29H2,1-4H3,(H,31,35)/t14-,15-/m1/s1. The van der Waals surface area contributed by atoms with Gasteiger partial charge in [0.25, 0.3) is 5.91 Å². The number of rotatable bonds is 5. The SMILES string of the molecule is CC1=C(C(=O)Nc2ccc(N)c(C(=N)c3ccnc(N4C[C@@H](C)O[C@H](C)C4)c3)c2)CN(N)C(=N)N1C. The lowest BCUT2D eigenvalue weighted by molar-refractivity contribution is -0.113. The molecule has 1 aromatic carbocycles. The highest BCUT2D eigenvalue weighted by molar-refractivity contribution is 6.15. The maximum absolute atomic E-state index is 13.0. The first kappa shape index (κ1) is 25.1. The Balaban J connectivity index is 1.56. The van der Waals surface area contributed by atoms with Gasteiger partial charge in [-0.2, -0.15) is 0 Å². The molecule has 2 aliphatic rings. The van der Waals surface area contributed by atoms with Crippen LogP contribution >= 0.6 is 0 Å². The molecule has 1 saturated heterocycles. The molecule has 0 saturated carbocycles. The molecule has 2 aliphatic heterocycles. The first-order valence-corrected chi connectivity index (χ1v) is 11.8. The number of benzene rings is 1.